The van der Waals surface area contributed by atoms with Crippen molar-refractivity contribution in [3.05, 3.63) is 62.4 Å². The first-order valence-electron chi connectivity index (χ1n) is 6.36. The van der Waals surface area contributed by atoms with Gasteiger partial charge < -0.3 is 9.88 Å². The van der Waals surface area contributed by atoms with Crippen LogP contribution in [-0.4, -0.2) is 15.0 Å². The largest absolute Gasteiger partial charge is 0.416 e. The molecule has 0 atom stereocenters. The average molecular weight is 327 g/mol. The van der Waals surface area contributed by atoms with Crippen LogP contribution in [0.1, 0.15) is 15.9 Å². The summed E-state index contributed by atoms with van der Waals surface area (Å²) >= 11 is 0. The standard InChI is InChI=1S/C14H12F3N3O3/c1-19-7-10(12(22)20(2)13(19)23)18-11(21)8-4-3-5-9(6-8)14(15,16)17/h3-7H,1-2H3,(H,18,21). The number of carbonyl (C=O) groups excluding carboxylic acids is 1. The lowest BCUT2D eigenvalue weighted by molar-refractivity contribution is -0.137. The molecule has 6 nitrogen and oxygen atoms in total. The third kappa shape index (κ3) is 3.33. The SMILES string of the molecule is Cn1cc(NC(=O)c2cccc(C(F)(F)F)c2)c(=O)n(C)c1=O. The highest BCUT2D eigenvalue weighted by atomic mass is 19.4. The summed E-state index contributed by atoms with van der Waals surface area (Å²) in [6.45, 7) is 0. The van der Waals surface area contributed by atoms with Crippen molar-refractivity contribution < 1.29 is 18.0 Å². The lowest BCUT2D eigenvalue weighted by atomic mass is 10.1. The summed E-state index contributed by atoms with van der Waals surface area (Å²) < 4.78 is 39.8. The van der Waals surface area contributed by atoms with E-state index in [9.17, 15) is 27.6 Å². The number of rotatable bonds is 2. The minimum absolute atomic E-state index is 0.211. The number of alkyl halides is 3. The smallest absolute Gasteiger partial charge is 0.316 e. The Hall–Kier alpha value is -2.84. The van der Waals surface area contributed by atoms with Crippen molar-refractivity contribution in [2.75, 3.05) is 5.32 Å². The van der Waals surface area contributed by atoms with E-state index in [-0.39, 0.29) is 11.3 Å². The highest BCUT2D eigenvalue weighted by Gasteiger charge is 2.30. The Kier molecular flexibility index (Phi) is 4.13. The molecule has 0 aliphatic heterocycles. The highest BCUT2D eigenvalue weighted by Crippen LogP contribution is 2.29. The molecule has 0 aliphatic rings. The van der Waals surface area contributed by atoms with E-state index in [0.717, 1.165) is 27.5 Å². The molecule has 1 aromatic heterocycles. The predicted octanol–water partition coefficient (Wildman–Crippen LogP) is 1.36. The summed E-state index contributed by atoms with van der Waals surface area (Å²) in [6.07, 6.45) is -3.47. The molecule has 1 aromatic carbocycles. The van der Waals surface area contributed by atoms with Crippen LogP contribution in [0.4, 0.5) is 18.9 Å². The van der Waals surface area contributed by atoms with Crippen molar-refractivity contribution in [2.24, 2.45) is 14.1 Å². The van der Waals surface area contributed by atoms with Crippen LogP contribution in [0.15, 0.2) is 40.1 Å². The predicted molar refractivity (Wildman–Crippen MR) is 76.3 cm³/mol. The second kappa shape index (κ2) is 5.75. The highest BCUT2D eigenvalue weighted by molar-refractivity contribution is 6.04. The van der Waals surface area contributed by atoms with Crippen molar-refractivity contribution in [3.8, 4) is 0 Å². The minimum Gasteiger partial charge on any atom is -0.316 e. The Balaban J connectivity index is 2.38. The zero-order valence-electron chi connectivity index (χ0n) is 12.1. The molecule has 0 bridgehead atoms. The number of nitrogens with zero attached hydrogens (tertiary/aromatic N) is 2. The van der Waals surface area contributed by atoms with E-state index in [1.165, 1.54) is 20.2 Å². The molecule has 9 heteroatoms. The monoisotopic (exact) mass is 327 g/mol. The van der Waals surface area contributed by atoms with Gasteiger partial charge in [-0.05, 0) is 18.2 Å². The second-order valence-corrected chi connectivity index (χ2v) is 4.83. The minimum atomic E-state index is -4.58. The maximum Gasteiger partial charge on any atom is 0.416 e. The summed E-state index contributed by atoms with van der Waals surface area (Å²) in [5.74, 6) is -0.883. The first-order chi connectivity index (χ1) is 10.6. The van der Waals surface area contributed by atoms with Crippen molar-refractivity contribution >= 4 is 11.6 Å². The fourth-order valence-corrected chi connectivity index (χ4v) is 1.93. The first kappa shape index (κ1) is 16.5. The van der Waals surface area contributed by atoms with Crippen molar-refractivity contribution in [2.45, 2.75) is 6.18 Å². The lowest BCUT2D eigenvalue weighted by Crippen LogP contribution is -2.38. The van der Waals surface area contributed by atoms with Crippen LogP contribution < -0.4 is 16.6 Å². The van der Waals surface area contributed by atoms with Crippen LogP contribution in [0.5, 0.6) is 0 Å². The summed E-state index contributed by atoms with van der Waals surface area (Å²) in [4.78, 5) is 35.5. The summed E-state index contributed by atoms with van der Waals surface area (Å²) in [5.41, 5.74) is -2.79. The molecule has 2 aromatic rings. The Morgan fingerprint density at radius 1 is 1.17 bits per heavy atom. The first-order valence-corrected chi connectivity index (χ1v) is 6.36. The number of halogens is 3. The Morgan fingerprint density at radius 2 is 1.83 bits per heavy atom. The van der Waals surface area contributed by atoms with E-state index in [2.05, 4.69) is 5.32 Å². The maximum absolute atomic E-state index is 12.6. The van der Waals surface area contributed by atoms with E-state index in [4.69, 9.17) is 0 Å². The Bertz CT molecular complexity index is 881. The van der Waals surface area contributed by atoms with Gasteiger partial charge in [-0.1, -0.05) is 6.07 Å². The van der Waals surface area contributed by atoms with Gasteiger partial charge in [-0.3, -0.25) is 14.2 Å². The zero-order chi connectivity index (χ0) is 17.4. The van der Waals surface area contributed by atoms with Gasteiger partial charge in [0.1, 0.15) is 5.69 Å². The maximum atomic E-state index is 12.6. The number of anilines is 1. The topological polar surface area (TPSA) is 73.1 Å². The number of hydrogen-bond donors (Lipinski definition) is 1. The van der Waals surface area contributed by atoms with E-state index < -0.39 is 28.9 Å². The zero-order valence-corrected chi connectivity index (χ0v) is 12.1. The molecule has 0 fully saturated rings. The molecule has 1 N–H and O–H groups in total. The molecule has 0 saturated carbocycles. The number of aromatic nitrogens is 2. The van der Waals surface area contributed by atoms with Gasteiger partial charge in [-0.25, -0.2) is 4.79 Å². The molecule has 0 spiro atoms. The Labute approximate surface area is 127 Å². The van der Waals surface area contributed by atoms with Crippen molar-refractivity contribution in [1.29, 1.82) is 0 Å². The van der Waals surface area contributed by atoms with Gasteiger partial charge in [0.05, 0.1) is 5.56 Å². The van der Waals surface area contributed by atoms with Crippen LogP contribution in [0.2, 0.25) is 0 Å². The van der Waals surface area contributed by atoms with Crippen LogP contribution >= 0.6 is 0 Å². The molecular formula is C14H12F3N3O3. The number of benzene rings is 1. The van der Waals surface area contributed by atoms with Crippen molar-refractivity contribution in [3.63, 3.8) is 0 Å². The molecule has 122 valence electrons. The van der Waals surface area contributed by atoms with Gasteiger partial charge >= 0.3 is 11.9 Å². The van der Waals surface area contributed by atoms with E-state index in [1.54, 1.807) is 0 Å². The summed E-state index contributed by atoms with van der Waals surface area (Å²) in [6, 6.07) is 3.80. The molecule has 0 aliphatic carbocycles. The van der Waals surface area contributed by atoms with Gasteiger partial charge in [0, 0.05) is 25.9 Å². The Morgan fingerprint density at radius 3 is 2.43 bits per heavy atom. The summed E-state index contributed by atoms with van der Waals surface area (Å²) in [5, 5.41) is 2.21. The molecule has 1 heterocycles. The van der Waals surface area contributed by atoms with Gasteiger partial charge in [-0.2, -0.15) is 13.2 Å². The van der Waals surface area contributed by atoms with Crippen LogP contribution in [0, 0.1) is 0 Å². The van der Waals surface area contributed by atoms with Gasteiger partial charge in [0.2, 0.25) is 0 Å². The van der Waals surface area contributed by atoms with Gasteiger partial charge in [0.15, 0.2) is 0 Å². The number of aryl methyl sites for hydroxylation is 1. The molecular weight excluding hydrogens is 315 g/mol. The quantitative estimate of drug-likeness (QED) is 0.905. The summed E-state index contributed by atoms with van der Waals surface area (Å²) in [7, 11) is 2.60. The van der Waals surface area contributed by atoms with E-state index in [1.807, 2.05) is 0 Å². The van der Waals surface area contributed by atoms with Crippen LogP contribution in [0.25, 0.3) is 0 Å². The molecule has 2 rings (SSSR count). The van der Waals surface area contributed by atoms with E-state index >= 15 is 0 Å². The third-order valence-electron chi connectivity index (χ3n) is 3.15. The van der Waals surface area contributed by atoms with Gasteiger partial charge in [-0.15, -0.1) is 0 Å². The third-order valence-corrected chi connectivity index (χ3v) is 3.15. The fraction of sp³-hybridized carbons (Fsp3) is 0.214. The van der Waals surface area contributed by atoms with E-state index in [0.29, 0.717) is 6.07 Å². The molecule has 1 amide bonds. The van der Waals surface area contributed by atoms with Crippen LogP contribution in [0.3, 0.4) is 0 Å². The normalized spacial score (nSPS) is 11.3. The molecule has 0 saturated heterocycles. The average Bonchev–Trinajstić information content (AvgIpc) is 2.49. The molecule has 0 unspecified atom stereocenters. The van der Waals surface area contributed by atoms with Gasteiger partial charge in [0.25, 0.3) is 11.5 Å². The van der Waals surface area contributed by atoms with Crippen LogP contribution in [-0.2, 0) is 20.3 Å². The molecule has 23 heavy (non-hydrogen) atoms. The second-order valence-electron chi connectivity index (χ2n) is 4.83. The number of nitrogens with one attached hydrogen (secondary N) is 1. The lowest BCUT2D eigenvalue weighted by Gasteiger charge is -2.10. The number of carbonyl (C=O) groups is 1. The molecule has 0 radical (unpaired) electrons. The fourth-order valence-electron chi connectivity index (χ4n) is 1.93. The number of amides is 1. The van der Waals surface area contributed by atoms with Crippen molar-refractivity contribution in [1.82, 2.24) is 9.13 Å². The number of hydrogen-bond acceptors (Lipinski definition) is 3.